The molecular formula is C16H18N4O3S2. The van der Waals surface area contributed by atoms with Crippen molar-refractivity contribution in [1.29, 1.82) is 0 Å². The number of aryl methyl sites for hydroxylation is 1. The fourth-order valence-corrected chi connectivity index (χ4v) is 4.26. The molecule has 0 saturated carbocycles. The lowest BCUT2D eigenvalue weighted by molar-refractivity contribution is -0.0612. The number of thiazole rings is 2. The molecule has 1 amide bonds. The van der Waals surface area contributed by atoms with E-state index in [2.05, 4.69) is 15.3 Å². The van der Waals surface area contributed by atoms with Gasteiger partial charge in [0.1, 0.15) is 5.69 Å². The summed E-state index contributed by atoms with van der Waals surface area (Å²) in [6.45, 7) is 3.37. The summed E-state index contributed by atoms with van der Waals surface area (Å²) in [5.74, 6) is -0.152. The molecule has 0 spiro atoms. The van der Waals surface area contributed by atoms with Crippen molar-refractivity contribution in [1.82, 2.24) is 19.7 Å². The number of fused-ring (bicyclic) bond motifs is 1. The van der Waals surface area contributed by atoms with Crippen molar-refractivity contribution in [3.63, 3.8) is 0 Å². The summed E-state index contributed by atoms with van der Waals surface area (Å²) in [6.07, 6.45) is 2.52. The highest BCUT2D eigenvalue weighted by Crippen LogP contribution is 2.19. The molecule has 3 aromatic heterocycles. The molecule has 1 fully saturated rings. The molecular weight excluding hydrogens is 360 g/mol. The van der Waals surface area contributed by atoms with Crippen LogP contribution < -0.4 is 5.32 Å². The van der Waals surface area contributed by atoms with Crippen LogP contribution in [-0.2, 0) is 16.1 Å². The molecule has 1 aliphatic heterocycles. The highest BCUT2D eigenvalue weighted by molar-refractivity contribution is 7.15. The number of hydrogen-bond acceptors (Lipinski definition) is 7. The summed E-state index contributed by atoms with van der Waals surface area (Å²) in [5, 5.41) is 6.95. The number of rotatable bonds is 5. The molecule has 1 N–H and O–H groups in total. The minimum Gasteiger partial charge on any atom is -0.379 e. The Kier molecular flexibility index (Phi) is 4.80. The molecule has 4 heterocycles. The molecule has 132 valence electrons. The van der Waals surface area contributed by atoms with Crippen molar-refractivity contribution in [3.05, 3.63) is 39.5 Å². The zero-order chi connectivity index (χ0) is 17.2. The Morgan fingerprint density at radius 1 is 1.56 bits per heavy atom. The van der Waals surface area contributed by atoms with E-state index in [1.807, 2.05) is 28.3 Å². The molecule has 9 heteroatoms. The first-order chi connectivity index (χ1) is 12.2. The lowest BCUT2D eigenvalue weighted by Crippen LogP contribution is -2.50. The van der Waals surface area contributed by atoms with Gasteiger partial charge in [-0.05, 0) is 13.3 Å². The number of nitrogens with zero attached hydrogens (tertiary/aromatic N) is 3. The molecule has 2 atom stereocenters. The van der Waals surface area contributed by atoms with Crippen LogP contribution in [0.3, 0.4) is 0 Å². The van der Waals surface area contributed by atoms with E-state index in [1.165, 1.54) is 11.3 Å². The van der Waals surface area contributed by atoms with Crippen LogP contribution >= 0.6 is 22.7 Å². The highest BCUT2D eigenvalue weighted by atomic mass is 32.1. The molecule has 4 rings (SSSR count). The zero-order valence-electron chi connectivity index (χ0n) is 13.7. The van der Waals surface area contributed by atoms with Gasteiger partial charge in [0, 0.05) is 23.6 Å². The maximum Gasteiger partial charge on any atom is 0.270 e. The molecule has 25 heavy (non-hydrogen) atoms. The first-order valence-corrected chi connectivity index (χ1v) is 9.84. The summed E-state index contributed by atoms with van der Waals surface area (Å²) < 4.78 is 13.4. The van der Waals surface area contributed by atoms with Crippen molar-refractivity contribution < 1.29 is 14.3 Å². The molecule has 3 aromatic rings. The van der Waals surface area contributed by atoms with Gasteiger partial charge in [-0.1, -0.05) is 0 Å². The Morgan fingerprint density at radius 2 is 2.48 bits per heavy atom. The van der Waals surface area contributed by atoms with Gasteiger partial charge in [0.05, 0.1) is 42.3 Å². The molecule has 0 aromatic carbocycles. The standard InChI is InChI=1S/C16H18N4O3S2/c1-10-14(20-3-5-25-16(20)18-10)15(21)19-12-7-22-4-2-13(12)23-6-11-8-24-9-17-11/h3,5,8-9,12-13H,2,4,6-7H2,1H3,(H,19,21)/t12-,13+/m1/s1. The number of aromatic nitrogens is 3. The van der Waals surface area contributed by atoms with Crippen LogP contribution in [-0.4, -0.2) is 45.6 Å². The summed E-state index contributed by atoms with van der Waals surface area (Å²) in [5.41, 5.74) is 3.99. The SMILES string of the molecule is Cc1nc2sccn2c1C(=O)N[C@@H]1COCC[C@@H]1OCc1cscn1. The van der Waals surface area contributed by atoms with Crippen molar-refractivity contribution in [3.8, 4) is 0 Å². The first-order valence-electron chi connectivity index (χ1n) is 8.02. The maximum absolute atomic E-state index is 12.8. The number of carbonyl (C=O) groups excluding carboxylic acids is 1. The summed E-state index contributed by atoms with van der Waals surface area (Å²) in [6, 6.07) is -0.191. The van der Waals surface area contributed by atoms with E-state index in [0.717, 1.165) is 22.8 Å². The second-order valence-corrected chi connectivity index (χ2v) is 7.47. The quantitative estimate of drug-likeness (QED) is 0.737. The molecule has 0 radical (unpaired) electrons. The predicted octanol–water partition coefficient (Wildman–Crippen LogP) is 2.26. The van der Waals surface area contributed by atoms with Gasteiger partial charge in [-0.25, -0.2) is 9.97 Å². The van der Waals surface area contributed by atoms with Gasteiger partial charge in [-0.15, -0.1) is 22.7 Å². The smallest absolute Gasteiger partial charge is 0.270 e. The van der Waals surface area contributed by atoms with E-state index >= 15 is 0 Å². The minimum atomic E-state index is -0.191. The monoisotopic (exact) mass is 378 g/mol. The lowest BCUT2D eigenvalue weighted by atomic mass is 10.1. The van der Waals surface area contributed by atoms with Crippen LogP contribution in [0, 0.1) is 6.92 Å². The normalized spacial score (nSPS) is 20.8. The van der Waals surface area contributed by atoms with Crippen LogP contribution in [0.1, 0.15) is 28.3 Å². The molecule has 1 aliphatic rings. The molecule has 7 nitrogen and oxygen atoms in total. The van der Waals surface area contributed by atoms with Crippen LogP contribution in [0.15, 0.2) is 22.5 Å². The summed E-state index contributed by atoms with van der Waals surface area (Å²) >= 11 is 3.05. The largest absolute Gasteiger partial charge is 0.379 e. The van der Waals surface area contributed by atoms with E-state index in [-0.39, 0.29) is 18.1 Å². The van der Waals surface area contributed by atoms with Gasteiger partial charge < -0.3 is 14.8 Å². The van der Waals surface area contributed by atoms with Gasteiger partial charge in [-0.3, -0.25) is 9.20 Å². The zero-order valence-corrected chi connectivity index (χ0v) is 15.3. The van der Waals surface area contributed by atoms with E-state index in [0.29, 0.717) is 25.5 Å². The Labute approximate surface area is 152 Å². The fraction of sp³-hybridized carbons (Fsp3) is 0.438. The second-order valence-electron chi connectivity index (χ2n) is 5.87. The number of hydrogen-bond donors (Lipinski definition) is 1. The number of amides is 1. The average Bonchev–Trinajstić information content (AvgIpc) is 3.31. The maximum atomic E-state index is 12.8. The third-order valence-corrected chi connectivity index (χ3v) is 5.58. The predicted molar refractivity (Wildman–Crippen MR) is 95.2 cm³/mol. The summed E-state index contributed by atoms with van der Waals surface area (Å²) in [7, 11) is 0. The van der Waals surface area contributed by atoms with Gasteiger partial charge in [0.2, 0.25) is 0 Å². The van der Waals surface area contributed by atoms with E-state index in [4.69, 9.17) is 9.47 Å². The molecule has 1 saturated heterocycles. The van der Waals surface area contributed by atoms with Gasteiger partial charge >= 0.3 is 0 Å². The molecule has 0 aliphatic carbocycles. The Balaban J connectivity index is 1.46. The average molecular weight is 378 g/mol. The molecule has 0 bridgehead atoms. The number of imidazole rings is 1. The Bertz CT molecular complexity index is 858. The Hall–Kier alpha value is -1.81. The number of ether oxygens (including phenoxy) is 2. The minimum absolute atomic E-state index is 0.0920. The van der Waals surface area contributed by atoms with E-state index < -0.39 is 0 Å². The van der Waals surface area contributed by atoms with Crippen LogP contribution in [0.25, 0.3) is 4.96 Å². The van der Waals surface area contributed by atoms with Gasteiger partial charge in [-0.2, -0.15) is 0 Å². The van der Waals surface area contributed by atoms with E-state index in [9.17, 15) is 4.79 Å². The van der Waals surface area contributed by atoms with Crippen molar-refractivity contribution in [2.45, 2.75) is 32.1 Å². The van der Waals surface area contributed by atoms with Crippen molar-refractivity contribution in [2.24, 2.45) is 0 Å². The highest BCUT2D eigenvalue weighted by Gasteiger charge is 2.30. The summed E-state index contributed by atoms with van der Waals surface area (Å²) in [4.78, 5) is 22.3. The second kappa shape index (κ2) is 7.20. The van der Waals surface area contributed by atoms with Crippen LogP contribution in [0.2, 0.25) is 0 Å². The third kappa shape index (κ3) is 3.45. The molecule has 0 unspecified atom stereocenters. The van der Waals surface area contributed by atoms with E-state index in [1.54, 1.807) is 16.8 Å². The topological polar surface area (TPSA) is 77.8 Å². The lowest BCUT2D eigenvalue weighted by Gasteiger charge is -2.31. The number of nitrogens with one attached hydrogen (secondary N) is 1. The fourth-order valence-electron chi connectivity index (χ4n) is 2.96. The third-order valence-electron chi connectivity index (χ3n) is 4.19. The van der Waals surface area contributed by atoms with Gasteiger partial charge in [0.25, 0.3) is 5.91 Å². The Morgan fingerprint density at radius 3 is 3.32 bits per heavy atom. The van der Waals surface area contributed by atoms with Gasteiger partial charge in [0.15, 0.2) is 4.96 Å². The van der Waals surface area contributed by atoms with Crippen LogP contribution in [0.4, 0.5) is 0 Å². The van der Waals surface area contributed by atoms with Crippen molar-refractivity contribution >= 4 is 33.5 Å². The van der Waals surface area contributed by atoms with Crippen molar-refractivity contribution in [2.75, 3.05) is 13.2 Å². The first kappa shape index (κ1) is 16.6. The van der Waals surface area contributed by atoms with Crippen LogP contribution in [0.5, 0.6) is 0 Å². The number of carbonyl (C=O) groups is 1.